The van der Waals surface area contributed by atoms with Gasteiger partial charge in [0.2, 0.25) is 12.2 Å². The van der Waals surface area contributed by atoms with Gasteiger partial charge in [-0.1, -0.05) is 12.1 Å². The van der Waals surface area contributed by atoms with Gasteiger partial charge in [-0.15, -0.1) is 0 Å². The van der Waals surface area contributed by atoms with Gasteiger partial charge in [-0.2, -0.15) is 0 Å². The molecule has 4 saturated heterocycles. The van der Waals surface area contributed by atoms with E-state index in [-0.39, 0.29) is 22.6 Å². The molecule has 20 atom stereocenters. The van der Waals surface area contributed by atoms with E-state index < -0.39 is 237 Å². The monoisotopic (exact) mass is 1420 g/mol. The highest BCUT2D eigenvalue weighted by Gasteiger charge is 2.64. The van der Waals surface area contributed by atoms with Gasteiger partial charge in [-0.3, -0.25) is 82.1 Å². The predicted molar refractivity (Wildman–Crippen MR) is 317 cm³/mol. The molecule has 0 radical (unpaired) electrons. The molecule has 546 valence electrons. The number of nitro groups is 1. The van der Waals surface area contributed by atoms with Crippen LogP contribution in [0.1, 0.15) is 104 Å². The van der Waals surface area contributed by atoms with Crippen LogP contribution in [0.4, 0.5) is 5.69 Å². The summed E-state index contributed by atoms with van der Waals surface area (Å²) in [5, 5.41) is 14.2. The first-order chi connectivity index (χ1) is 47.1. The minimum Gasteiger partial charge on any atom is -0.463 e. The van der Waals surface area contributed by atoms with Crippen molar-refractivity contribution >= 4 is 89.1 Å². The van der Waals surface area contributed by atoms with Crippen LogP contribution in [-0.2, 0) is 143 Å². The molecule has 0 aliphatic carbocycles. The molecule has 2 aromatic rings. The Balaban J connectivity index is 1.51. The number of fused-ring (bicyclic) bond motifs is 1. The Morgan fingerprint density at radius 1 is 0.400 bits per heavy atom. The topological polar surface area (TPSA) is 473 Å². The second-order valence-electron chi connectivity index (χ2n) is 22.8. The lowest BCUT2D eigenvalue weighted by molar-refractivity contribution is -0.384. The highest BCUT2D eigenvalue weighted by molar-refractivity contribution is 6.21. The molecule has 38 heteroatoms. The first kappa shape index (κ1) is 77.5. The van der Waals surface area contributed by atoms with E-state index >= 15 is 9.59 Å². The second-order valence-corrected chi connectivity index (χ2v) is 22.8. The summed E-state index contributed by atoms with van der Waals surface area (Å²) in [6.07, 6.45) is -37.3. The summed E-state index contributed by atoms with van der Waals surface area (Å²) in [6, 6.07) is 5.48. The molecule has 0 spiro atoms. The number of nitrogens with zero attached hydrogens (tertiary/aromatic N) is 2. The minimum atomic E-state index is -2.49. The summed E-state index contributed by atoms with van der Waals surface area (Å²) in [6.45, 7) is 7.67. The number of nitrogens with one attached hydrogen (secondary N) is 1. The van der Waals surface area contributed by atoms with Gasteiger partial charge in [-0.25, -0.2) is 0 Å². The molecule has 3 amide bonds. The fraction of sp³-hybridized carbons (Fsp3) is 0.581. The third kappa shape index (κ3) is 20.0. The van der Waals surface area contributed by atoms with Crippen molar-refractivity contribution < 1.29 is 162 Å². The van der Waals surface area contributed by atoms with Gasteiger partial charge in [0.25, 0.3) is 17.5 Å². The molecular formula is C62H73N3O35. The van der Waals surface area contributed by atoms with Crippen molar-refractivity contribution in [1.29, 1.82) is 0 Å². The Hall–Kier alpha value is -9.86. The third-order valence-electron chi connectivity index (χ3n) is 15.0. The van der Waals surface area contributed by atoms with E-state index in [1.807, 2.05) is 0 Å². The normalized spacial score (nSPS) is 29.9. The van der Waals surface area contributed by atoms with E-state index in [4.69, 9.17) is 90.0 Å². The lowest BCUT2D eigenvalue weighted by atomic mass is 9.92. The second kappa shape index (κ2) is 34.3. The Morgan fingerprint density at radius 3 is 1.10 bits per heavy atom. The van der Waals surface area contributed by atoms with Crippen LogP contribution in [0.2, 0.25) is 0 Å². The predicted octanol–water partition coefficient (Wildman–Crippen LogP) is -0.0274. The van der Waals surface area contributed by atoms with Gasteiger partial charge in [0.05, 0.1) is 16.1 Å². The standard InChI is InChI=1S/C62H73N3O35/c1-25(66)63-45-51(47(86-30(6)71)41(21-82-26(2)67)94-59(45)93-38-19-17-37(18-20-38)65(80)81)98-61-56(92-36(12)77)54(50(89-33(9)74)44(96-61)24-85-29(5)70)100-60-46(64-57(78)39-15-13-14-16-40(39)58(64)79)52(48(87-31(7)72)42(95-60)22-83-27(3)68)99-62-55(91-35(11)76)53(90-34(10)75)49(88-32(8)73)43(97-62)23-84-28(4)69/h13-20,41-56,59-62H,21-24H2,1-12H3,(H,63,66)/t41-,42-,43-,44-,45-,46-,47-,48-,49+,50+,51-,52-,53+,54+,55-,56-,59-,60+,61+,62+/m1/s1. The van der Waals surface area contributed by atoms with Gasteiger partial charge in [0.15, 0.2) is 61.6 Å². The molecule has 0 unspecified atom stereocenters. The molecule has 0 aromatic heterocycles. The molecule has 0 bridgehead atoms. The van der Waals surface area contributed by atoms with Crippen LogP contribution >= 0.6 is 0 Å². The summed E-state index contributed by atoms with van der Waals surface area (Å²) >= 11 is 0. The smallest absolute Gasteiger partial charge is 0.303 e. The van der Waals surface area contributed by atoms with Crippen molar-refractivity contribution in [3.63, 3.8) is 0 Å². The molecule has 7 rings (SSSR count). The van der Waals surface area contributed by atoms with Gasteiger partial charge < -0.3 is 95.3 Å². The number of hydrogen-bond donors (Lipinski definition) is 1. The van der Waals surface area contributed by atoms with Crippen molar-refractivity contribution in [2.75, 3.05) is 26.4 Å². The first-order valence-electron chi connectivity index (χ1n) is 30.6. The Morgan fingerprint density at radius 2 is 0.720 bits per heavy atom. The van der Waals surface area contributed by atoms with Crippen LogP contribution in [0.5, 0.6) is 5.75 Å². The number of carbonyl (C=O) groups is 14. The summed E-state index contributed by atoms with van der Waals surface area (Å²) < 4.78 is 114. The third-order valence-corrected chi connectivity index (χ3v) is 15.0. The van der Waals surface area contributed by atoms with Crippen molar-refractivity contribution in [2.45, 2.75) is 206 Å². The molecule has 100 heavy (non-hydrogen) atoms. The van der Waals surface area contributed by atoms with E-state index in [0.717, 1.165) is 107 Å². The highest BCUT2D eigenvalue weighted by Crippen LogP contribution is 2.42. The van der Waals surface area contributed by atoms with Crippen LogP contribution in [0.3, 0.4) is 0 Å². The number of ether oxygens (including phenoxy) is 19. The fourth-order valence-corrected chi connectivity index (χ4v) is 11.5. The van der Waals surface area contributed by atoms with Crippen molar-refractivity contribution in [2.24, 2.45) is 0 Å². The molecule has 38 nitrogen and oxygen atoms in total. The maximum absolute atomic E-state index is 15.3. The van der Waals surface area contributed by atoms with Crippen molar-refractivity contribution in [3.05, 3.63) is 69.8 Å². The Bertz CT molecular complexity index is 3400. The maximum atomic E-state index is 15.3. The highest BCUT2D eigenvalue weighted by atomic mass is 16.8. The molecule has 1 N–H and O–H groups in total. The number of rotatable bonds is 26. The van der Waals surface area contributed by atoms with Gasteiger partial charge in [0, 0.05) is 95.2 Å². The maximum Gasteiger partial charge on any atom is 0.303 e. The Kier molecular flexibility index (Phi) is 26.6. The van der Waals surface area contributed by atoms with Crippen molar-refractivity contribution in [1.82, 2.24) is 10.2 Å². The molecular weight excluding hydrogens is 1350 g/mol. The summed E-state index contributed by atoms with van der Waals surface area (Å²) in [5.41, 5.74) is -0.980. The lowest BCUT2D eigenvalue weighted by Crippen LogP contribution is -2.72. The van der Waals surface area contributed by atoms with E-state index in [1.54, 1.807) is 0 Å². The van der Waals surface area contributed by atoms with Gasteiger partial charge in [-0.05, 0) is 24.3 Å². The summed E-state index contributed by atoms with van der Waals surface area (Å²) in [4.78, 5) is 199. The minimum absolute atomic E-state index is 0.160. The zero-order valence-corrected chi connectivity index (χ0v) is 55.7. The summed E-state index contributed by atoms with van der Waals surface area (Å²) in [7, 11) is 0. The number of hydrogen-bond acceptors (Lipinski definition) is 35. The lowest BCUT2D eigenvalue weighted by Gasteiger charge is -2.52. The van der Waals surface area contributed by atoms with E-state index in [0.29, 0.717) is 4.90 Å². The molecule has 0 saturated carbocycles. The van der Waals surface area contributed by atoms with Crippen LogP contribution < -0.4 is 10.1 Å². The number of imide groups is 1. The van der Waals surface area contributed by atoms with Gasteiger partial charge in [0.1, 0.15) is 87.0 Å². The first-order valence-corrected chi connectivity index (χ1v) is 30.6. The molecule has 5 aliphatic rings. The van der Waals surface area contributed by atoms with Crippen LogP contribution in [0.15, 0.2) is 48.5 Å². The number of nitro benzene ring substituents is 1. The number of esters is 11. The quantitative estimate of drug-likeness (QED) is 0.0425. The molecule has 5 heterocycles. The number of non-ortho nitro benzene ring substituents is 1. The van der Waals surface area contributed by atoms with E-state index in [9.17, 15) is 67.6 Å². The average Bonchev–Trinajstić information content (AvgIpc) is 1.33. The van der Waals surface area contributed by atoms with E-state index in [1.165, 1.54) is 24.3 Å². The van der Waals surface area contributed by atoms with E-state index in [2.05, 4.69) is 5.32 Å². The van der Waals surface area contributed by atoms with Crippen molar-refractivity contribution in [3.8, 4) is 5.75 Å². The number of amides is 3. The molecule has 5 aliphatic heterocycles. The molecule has 2 aromatic carbocycles. The Labute approximate surface area is 567 Å². The molecule has 4 fully saturated rings. The van der Waals surface area contributed by atoms with Crippen LogP contribution in [0.25, 0.3) is 0 Å². The average molecular weight is 1420 g/mol. The summed E-state index contributed by atoms with van der Waals surface area (Å²) in [5.74, 6) is -15.2. The van der Waals surface area contributed by atoms with Crippen LogP contribution in [-0.4, -0.2) is 242 Å². The largest absolute Gasteiger partial charge is 0.463 e. The fourth-order valence-electron chi connectivity index (χ4n) is 11.5. The SMILES string of the molecule is CC(=O)N[C@H]1[C@H](Oc2ccc([N+](=O)[O-])cc2)O[C@H](COC(C)=O)[C@@H](OC(C)=O)[C@@H]1O[C@@H]1O[C@H](COC(C)=O)[C@H](OC(C)=O)[C@H](O[C@@H]2O[C@H](COC(C)=O)[C@@H](OC(C)=O)[C@H](O[C@@H]3O[C@H](COC(C)=O)[C@H](OC(C)=O)[C@H](OC(C)=O)[C@H]3OC(C)=O)[C@H]2N2C(=O)c3ccccc3C2=O)[C@H]1OC(C)=O. The zero-order chi connectivity index (χ0) is 73.7. The number of benzene rings is 2. The number of carbonyl (C=O) groups excluding carboxylic acids is 14. The zero-order valence-electron chi connectivity index (χ0n) is 55.7. The van der Waals surface area contributed by atoms with Crippen LogP contribution in [0, 0.1) is 10.1 Å². The van der Waals surface area contributed by atoms with Gasteiger partial charge >= 0.3 is 65.7 Å².